The molecule has 0 spiro atoms. The molecule has 1 saturated heterocycles. The minimum Gasteiger partial charge on any atom is -0.365 e. The van der Waals surface area contributed by atoms with Gasteiger partial charge in [-0.05, 0) is 42.4 Å². The molecule has 0 unspecified atom stereocenters. The van der Waals surface area contributed by atoms with Gasteiger partial charge in [0.1, 0.15) is 5.56 Å². The lowest BCUT2D eigenvalue weighted by Crippen LogP contribution is -2.46. The van der Waals surface area contributed by atoms with Crippen molar-refractivity contribution in [2.75, 3.05) is 18.4 Å². The van der Waals surface area contributed by atoms with E-state index in [1.54, 1.807) is 10.9 Å². The molecule has 1 aliphatic carbocycles. The second kappa shape index (κ2) is 9.96. The summed E-state index contributed by atoms with van der Waals surface area (Å²) in [5.41, 5.74) is 8.90. The van der Waals surface area contributed by atoms with Crippen molar-refractivity contribution in [1.29, 1.82) is 5.26 Å². The van der Waals surface area contributed by atoms with Gasteiger partial charge < -0.3 is 11.1 Å². The van der Waals surface area contributed by atoms with Crippen molar-refractivity contribution >= 4 is 17.6 Å². The van der Waals surface area contributed by atoms with Gasteiger partial charge in [0.25, 0.3) is 5.91 Å². The van der Waals surface area contributed by atoms with Crippen molar-refractivity contribution in [3.8, 4) is 17.2 Å². The van der Waals surface area contributed by atoms with Crippen molar-refractivity contribution in [3.05, 3.63) is 71.9 Å². The third-order valence-electron chi connectivity index (χ3n) is 7.35. The molecular weight excluding hydrogens is 452 g/mol. The van der Waals surface area contributed by atoms with Crippen LogP contribution in [0, 0.1) is 17.2 Å². The predicted molar refractivity (Wildman–Crippen MR) is 137 cm³/mol. The quantitative estimate of drug-likeness (QED) is 0.505. The number of carbonyl (C=O) groups is 2. The van der Waals surface area contributed by atoms with E-state index in [0.717, 1.165) is 32.5 Å². The number of nitriles is 1. The highest BCUT2D eigenvalue weighted by atomic mass is 16.2. The molecule has 1 saturated carbocycles. The number of hydrogen-bond donors (Lipinski definition) is 2. The Balaban J connectivity index is 1.34. The van der Waals surface area contributed by atoms with E-state index < -0.39 is 11.4 Å². The summed E-state index contributed by atoms with van der Waals surface area (Å²) in [4.78, 5) is 26.8. The van der Waals surface area contributed by atoms with Crippen LogP contribution in [0.2, 0.25) is 0 Å². The zero-order valence-corrected chi connectivity index (χ0v) is 20.2. The van der Waals surface area contributed by atoms with Crippen LogP contribution in [-0.2, 0) is 16.9 Å². The molecule has 5 rings (SSSR count). The molecular formula is C28H30N6O2. The van der Waals surface area contributed by atoms with E-state index in [4.69, 9.17) is 5.73 Å². The van der Waals surface area contributed by atoms with Crippen molar-refractivity contribution in [1.82, 2.24) is 14.7 Å². The molecule has 3 aromatic rings. The van der Waals surface area contributed by atoms with Crippen LogP contribution in [0.1, 0.15) is 48.0 Å². The summed E-state index contributed by atoms with van der Waals surface area (Å²) in [6, 6.07) is 21.1. The third kappa shape index (κ3) is 4.88. The summed E-state index contributed by atoms with van der Waals surface area (Å²) in [6.45, 7) is 2.36. The monoisotopic (exact) mass is 482 g/mol. The number of nitrogens with one attached hydrogen (secondary N) is 1. The Kier molecular flexibility index (Phi) is 6.57. The second-order valence-electron chi connectivity index (χ2n) is 9.82. The largest absolute Gasteiger partial charge is 0.365 e. The number of benzene rings is 2. The number of likely N-dealkylation sites (tertiary alicyclic amines) is 1. The van der Waals surface area contributed by atoms with E-state index >= 15 is 0 Å². The molecule has 2 fully saturated rings. The molecule has 1 aliphatic heterocycles. The number of carbonyl (C=O) groups excluding carboxylic acids is 2. The first-order chi connectivity index (χ1) is 17.5. The van der Waals surface area contributed by atoms with Gasteiger partial charge in [0.2, 0.25) is 5.91 Å². The summed E-state index contributed by atoms with van der Waals surface area (Å²) in [5, 5.41) is 17.0. The number of nitrogens with two attached hydrogens (primary N) is 1. The maximum Gasteiger partial charge on any atom is 0.254 e. The molecule has 0 atom stereocenters. The normalized spacial score (nSPS) is 17.3. The Labute approximate surface area is 210 Å². The molecule has 2 amide bonds. The van der Waals surface area contributed by atoms with Gasteiger partial charge in [-0.25, -0.2) is 0 Å². The van der Waals surface area contributed by atoms with Gasteiger partial charge in [-0.3, -0.25) is 19.2 Å². The summed E-state index contributed by atoms with van der Waals surface area (Å²) >= 11 is 0. The van der Waals surface area contributed by atoms with Gasteiger partial charge in [0, 0.05) is 31.7 Å². The van der Waals surface area contributed by atoms with Crippen LogP contribution in [-0.4, -0.2) is 39.6 Å². The molecule has 2 aliphatic rings. The van der Waals surface area contributed by atoms with Gasteiger partial charge in [-0.2, -0.15) is 10.4 Å². The Morgan fingerprint density at radius 2 is 1.78 bits per heavy atom. The summed E-state index contributed by atoms with van der Waals surface area (Å²) in [5.74, 6) is -0.611. The Bertz CT molecular complexity index is 1300. The summed E-state index contributed by atoms with van der Waals surface area (Å²) < 4.78 is 1.70. The van der Waals surface area contributed by atoms with E-state index in [1.165, 1.54) is 16.7 Å². The summed E-state index contributed by atoms with van der Waals surface area (Å²) in [6.07, 6.45) is 4.95. The number of nitrogens with zero attached hydrogens (tertiary/aromatic N) is 4. The van der Waals surface area contributed by atoms with E-state index in [0.29, 0.717) is 12.8 Å². The molecule has 1 aromatic heterocycles. The maximum absolute atomic E-state index is 12.3. The van der Waals surface area contributed by atoms with Crippen LogP contribution >= 0.6 is 0 Å². The van der Waals surface area contributed by atoms with Crippen molar-refractivity contribution in [2.24, 2.45) is 11.7 Å². The van der Waals surface area contributed by atoms with Gasteiger partial charge >= 0.3 is 0 Å². The number of piperidine rings is 1. The summed E-state index contributed by atoms with van der Waals surface area (Å²) in [7, 11) is 0. The lowest BCUT2D eigenvalue weighted by molar-refractivity contribution is -0.117. The molecule has 0 radical (unpaired) electrons. The molecule has 2 heterocycles. The third-order valence-corrected chi connectivity index (χ3v) is 7.35. The molecule has 2 aromatic carbocycles. The molecule has 8 nitrogen and oxygen atoms in total. The number of anilines is 1. The number of aromatic nitrogens is 2. The predicted octanol–water partition coefficient (Wildman–Crippen LogP) is 3.90. The van der Waals surface area contributed by atoms with Gasteiger partial charge in [0.15, 0.2) is 5.82 Å². The SMILES string of the molecule is N#CCC1(n2cc(C(N)=O)c(NC(=O)C3CC3)n2)CCN(Cc2ccccc2-c2ccccc2)CC1. The molecule has 8 heteroatoms. The Morgan fingerprint density at radius 1 is 1.08 bits per heavy atom. The maximum atomic E-state index is 12.3. The van der Waals surface area contributed by atoms with E-state index in [-0.39, 0.29) is 29.6 Å². The zero-order valence-electron chi connectivity index (χ0n) is 20.2. The molecule has 0 bridgehead atoms. The van der Waals surface area contributed by atoms with Crippen LogP contribution in [0.4, 0.5) is 5.82 Å². The average Bonchev–Trinajstić information content (AvgIpc) is 3.66. The smallest absolute Gasteiger partial charge is 0.254 e. The highest BCUT2D eigenvalue weighted by Crippen LogP contribution is 2.36. The van der Waals surface area contributed by atoms with Crippen molar-refractivity contribution in [2.45, 2.75) is 44.2 Å². The standard InChI is InChI=1S/C28H30N6O2/c29-15-12-28(34-19-24(25(30)35)26(32-34)31-27(36)21-10-11-21)13-16-33(17-14-28)18-22-8-4-5-9-23(22)20-6-2-1-3-7-20/h1-9,19,21H,10-14,16-18H2,(H2,30,35)(H,31,32,36). The number of amides is 2. The Hall–Kier alpha value is -3.96. The van der Waals surface area contributed by atoms with Crippen LogP contribution in [0.5, 0.6) is 0 Å². The van der Waals surface area contributed by atoms with Crippen LogP contribution < -0.4 is 11.1 Å². The van der Waals surface area contributed by atoms with Crippen LogP contribution in [0.15, 0.2) is 60.8 Å². The first kappa shape index (κ1) is 23.8. The lowest BCUT2D eigenvalue weighted by Gasteiger charge is -2.41. The van der Waals surface area contributed by atoms with Crippen LogP contribution in [0.25, 0.3) is 11.1 Å². The van der Waals surface area contributed by atoms with Crippen molar-refractivity contribution in [3.63, 3.8) is 0 Å². The fraction of sp³-hybridized carbons (Fsp3) is 0.357. The van der Waals surface area contributed by atoms with E-state index in [9.17, 15) is 14.9 Å². The van der Waals surface area contributed by atoms with Gasteiger partial charge in [-0.15, -0.1) is 0 Å². The van der Waals surface area contributed by atoms with E-state index in [1.807, 2.05) is 6.07 Å². The lowest BCUT2D eigenvalue weighted by atomic mass is 9.84. The van der Waals surface area contributed by atoms with Gasteiger partial charge in [0.05, 0.1) is 18.0 Å². The topological polar surface area (TPSA) is 117 Å². The average molecular weight is 483 g/mol. The van der Waals surface area contributed by atoms with Crippen LogP contribution in [0.3, 0.4) is 0 Å². The second-order valence-corrected chi connectivity index (χ2v) is 9.82. The minimum atomic E-state index is -0.644. The molecule has 36 heavy (non-hydrogen) atoms. The number of rotatable bonds is 8. The first-order valence-corrected chi connectivity index (χ1v) is 12.4. The van der Waals surface area contributed by atoms with Gasteiger partial charge in [-0.1, -0.05) is 54.6 Å². The molecule has 184 valence electrons. The van der Waals surface area contributed by atoms with Crippen molar-refractivity contribution < 1.29 is 9.59 Å². The minimum absolute atomic E-state index is 0.0223. The highest BCUT2D eigenvalue weighted by molar-refractivity contribution is 6.02. The first-order valence-electron chi connectivity index (χ1n) is 12.4. The fourth-order valence-corrected chi connectivity index (χ4v) is 5.01. The van der Waals surface area contributed by atoms with E-state index in [2.05, 4.69) is 69.9 Å². The zero-order chi connectivity index (χ0) is 25.1. The Morgan fingerprint density at radius 3 is 2.44 bits per heavy atom. The highest BCUT2D eigenvalue weighted by Gasteiger charge is 2.39. The molecule has 3 N–H and O–H groups in total. The number of primary amides is 1. The number of hydrogen-bond acceptors (Lipinski definition) is 5. The fourth-order valence-electron chi connectivity index (χ4n) is 5.01.